The first kappa shape index (κ1) is 14.6. The fraction of sp³-hybridized carbons (Fsp3) is 0.688. The maximum absolute atomic E-state index is 12.3. The molecule has 0 unspecified atom stereocenters. The number of hydrogen-bond donors (Lipinski definition) is 1. The number of rotatable bonds is 5. The van der Waals surface area contributed by atoms with E-state index in [0.717, 1.165) is 44.1 Å². The van der Waals surface area contributed by atoms with E-state index in [2.05, 4.69) is 28.6 Å². The molecule has 2 heterocycles. The minimum absolute atomic E-state index is 0.0586. The summed E-state index contributed by atoms with van der Waals surface area (Å²) in [6.45, 7) is 9.28. The van der Waals surface area contributed by atoms with Crippen LogP contribution in [-0.2, 0) is 4.74 Å². The van der Waals surface area contributed by atoms with Crippen molar-refractivity contribution in [2.75, 3.05) is 39.4 Å². The molecule has 0 spiro atoms. The van der Waals surface area contributed by atoms with E-state index in [1.54, 1.807) is 0 Å². The third kappa shape index (κ3) is 3.30. The van der Waals surface area contributed by atoms with Crippen LogP contribution in [0.15, 0.2) is 6.07 Å². The van der Waals surface area contributed by atoms with E-state index in [4.69, 9.17) is 4.74 Å². The second kappa shape index (κ2) is 6.20. The molecule has 0 aromatic carbocycles. The molecule has 0 bridgehead atoms. The second-order valence-corrected chi connectivity index (χ2v) is 6.10. The lowest BCUT2D eigenvalue weighted by molar-refractivity contribution is 0.0383. The van der Waals surface area contributed by atoms with E-state index >= 15 is 0 Å². The van der Waals surface area contributed by atoms with Gasteiger partial charge in [0.05, 0.1) is 18.8 Å². The number of nitrogens with zero attached hydrogens (tertiary/aromatic N) is 2. The van der Waals surface area contributed by atoms with Gasteiger partial charge in [0.1, 0.15) is 0 Å². The number of ether oxygens (including phenoxy) is 1. The van der Waals surface area contributed by atoms with Crippen LogP contribution in [0, 0.1) is 13.8 Å². The molecule has 2 aliphatic rings. The highest BCUT2D eigenvalue weighted by Crippen LogP contribution is 2.38. The van der Waals surface area contributed by atoms with E-state index in [-0.39, 0.29) is 5.91 Å². The predicted octanol–water partition coefficient (Wildman–Crippen LogP) is 1.50. The highest BCUT2D eigenvalue weighted by molar-refractivity contribution is 5.95. The minimum Gasteiger partial charge on any atom is -0.379 e. The molecule has 21 heavy (non-hydrogen) atoms. The molecule has 5 nitrogen and oxygen atoms in total. The van der Waals surface area contributed by atoms with Gasteiger partial charge in [-0.1, -0.05) is 0 Å². The first-order chi connectivity index (χ1) is 10.2. The van der Waals surface area contributed by atoms with Crippen LogP contribution in [0.2, 0.25) is 0 Å². The first-order valence-electron chi connectivity index (χ1n) is 7.93. The molecule has 2 fully saturated rings. The number of carbonyl (C=O) groups excluding carboxylic acids is 1. The number of aryl methyl sites for hydroxylation is 1. The summed E-state index contributed by atoms with van der Waals surface area (Å²) in [4.78, 5) is 14.7. The number of aromatic nitrogens is 1. The first-order valence-corrected chi connectivity index (χ1v) is 7.93. The molecule has 1 aromatic rings. The van der Waals surface area contributed by atoms with Gasteiger partial charge in [-0.15, -0.1) is 0 Å². The molecule has 1 aliphatic heterocycles. The van der Waals surface area contributed by atoms with Gasteiger partial charge in [-0.2, -0.15) is 0 Å². The van der Waals surface area contributed by atoms with Gasteiger partial charge < -0.3 is 14.6 Å². The van der Waals surface area contributed by atoms with Gasteiger partial charge in [0.25, 0.3) is 5.91 Å². The van der Waals surface area contributed by atoms with Crippen molar-refractivity contribution < 1.29 is 9.53 Å². The Bertz CT molecular complexity index is 514. The summed E-state index contributed by atoms with van der Waals surface area (Å²) in [6.07, 6.45) is 2.49. The van der Waals surface area contributed by atoms with Crippen molar-refractivity contribution in [2.24, 2.45) is 0 Å². The van der Waals surface area contributed by atoms with Gasteiger partial charge in [0.15, 0.2) is 0 Å². The molecule has 1 N–H and O–H groups in total. The average molecular weight is 291 g/mol. The minimum atomic E-state index is 0.0586. The summed E-state index contributed by atoms with van der Waals surface area (Å²) in [5.74, 6) is 0.0586. The van der Waals surface area contributed by atoms with Crippen LogP contribution < -0.4 is 5.32 Å². The monoisotopic (exact) mass is 291 g/mol. The summed E-state index contributed by atoms with van der Waals surface area (Å²) in [5.41, 5.74) is 3.15. The zero-order valence-electron chi connectivity index (χ0n) is 13.0. The molecule has 0 atom stereocenters. The normalized spacial score (nSPS) is 19.7. The van der Waals surface area contributed by atoms with Crippen molar-refractivity contribution >= 4 is 5.91 Å². The fourth-order valence-corrected chi connectivity index (χ4v) is 3.15. The lowest BCUT2D eigenvalue weighted by Crippen LogP contribution is -2.41. The average Bonchev–Trinajstić information content (AvgIpc) is 3.26. The lowest BCUT2D eigenvalue weighted by atomic mass is 10.2. The van der Waals surface area contributed by atoms with Crippen molar-refractivity contribution in [3.8, 4) is 0 Å². The van der Waals surface area contributed by atoms with E-state index in [9.17, 15) is 4.79 Å². The van der Waals surface area contributed by atoms with Crippen LogP contribution in [0.5, 0.6) is 0 Å². The molecule has 1 amide bonds. The SMILES string of the molecule is Cc1cc(C(=O)NCCN2CCOCC2)c(C)n1C1CC1. The van der Waals surface area contributed by atoms with Gasteiger partial charge in [0.2, 0.25) is 0 Å². The Morgan fingerprint density at radius 2 is 2.05 bits per heavy atom. The maximum Gasteiger partial charge on any atom is 0.253 e. The predicted molar refractivity (Wildman–Crippen MR) is 81.8 cm³/mol. The Labute approximate surface area is 126 Å². The van der Waals surface area contributed by atoms with Crippen LogP contribution in [-0.4, -0.2) is 54.8 Å². The number of amides is 1. The van der Waals surface area contributed by atoms with Crippen molar-refractivity contribution in [3.05, 3.63) is 23.0 Å². The zero-order chi connectivity index (χ0) is 14.8. The standard InChI is InChI=1S/C16H25N3O2/c1-12-11-15(13(2)19(12)14-3-4-14)16(20)17-5-6-18-7-9-21-10-8-18/h11,14H,3-10H2,1-2H3,(H,17,20). The molecule has 1 aromatic heterocycles. The van der Waals surface area contributed by atoms with Gasteiger partial charge in [-0.3, -0.25) is 9.69 Å². The van der Waals surface area contributed by atoms with E-state index < -0.39 is 0 Å². The van der Waals surface area contributed by atoms with Crippen molar-refractivity contribution in [1.82, 2.24) is 14.8 Å². The molecular formula is C16H25N3O2. The Morgan fingerprint density at radius 3 is 2.71 bits per heavy atom. The lowest BCUT2D eigenvalue weighted by Gasteiger charge is -2.26. The molecular weight excluding hydrogens is 266 g/mol. The van der Waals surface area contributed by atoms with Crippen LogP contribution in [0.25, 0.3) is 0 Å². The highest BCUT2D eigenvalue weighted by Gasteiger charge is 2.28. The Hall–Kier alpha value is -1.33. The molecule has 5 heteroatoms. The summed E-state index contributed by atoms with van der Waals surface area (Å²) in [5, 5.41) is 3.05. The largest absolute Gasteiger partial charge is 0.379 e. The van der Waals surface area contributed by atoms with E-state index in [0.29, 0.717) is 12.6 Å². The fourth-order valence-electron chi connectivity index (χ4n) is 3.15. The van der Waals surface area contributed by atoms with Crippen LogP contribution in [0.3, 0.4) is 0 Å². The van der Waals surface area contributed by atoms with Crippen LogP contribution in [0.1, 0.15) is 40.6 Å². The molecule has 1 aliphatic carbocycles. The Balaban J connectivity index is 1.54. The zero-order valence-corrected chi connectivity index (χ0v) is 13.0. The summed E-state index contributed by atoms with van der Waals surface area (Å²) in [7, 11) is 0. The Kier molecular flexibility index (Phi) is 4.31. The highest BCUT2D eigenvalue weighted by atomic mass is 16.5. The second-order valence-electron chi connectivity index (χ2n) is 6.10. The van der Waals surface area contributed by atoms with Crippen LogP contribution >= 0.6 is 0 Å². The molecule has 1 saturated carbocycles. The number of carbonyl (C=O) groups is 1. The summed E-state index contributed by atoms with van der Waals surface area (Å²) < 4.78 is 7.64. The van der Waals surface area contributed by atoms with Crippen molar-refractivity contribution in [1.29, 1.82) is 0 Å². The molecule has 3 rings (SSSR count). The van der Waals surface area contributed by atoms with Gasteiger partial charge in [-0.05, 0) is 32.8 Å². The van der Waals surface area contributed by atoms with Crippen molar-refractivity contribution in [3.63, 3.8) is 0 Å². The third-order valence-electron chi connectivity index (χ3n) is 4.46. The quantitative estimate of drug-likeness (QED) is 0.894. The topological polar surface area (TPSA) is 46.5 Å². The summed E-state index contributed by atoms with van der Waals surface area (Å²) >= 11 is 0. The number of nitrogens with one attached hydrogen (secondary N) is 1. The molecule has 0 radical (unpaired) electrons. The maximum atomic E-state index is 12.3. The molecule has 116 valence electrons. The van der Waals surface area contributed by atoms with Crippen molar-refractivity contribution in [2.45, 2.75) is 32.7 Å². The van der Waals surface area contributed by atoms with E-state index in [1.807, 2.05) is 6.07 Å². The van der Waals surface area contributed by atoms with Crippen LogP contribution in [0.4, 0.5) is 0 Å². The smallest absolute Gasteiger partial charge is 0.253 e. The van der Waals surface area contributed by atoms with Gasteiger partial charge in [-0.25, -0.2) is 0 Å². The Morgan fingerprint density at radius 1 is 1.33 bits per heavy atom. The third-order valence-corrected chi connectivity index (χ3v) is 4.46. The number of hydrogen-bond acceptors (Lipinski definition) is 3. The van der Waals surface area contributed by atoms with Gasteiger partial charge in [0, 0.05) is 43.6 Å². The number of morpholine rings is 1. The van der Waals surface area contributed by atoms with E-state index in [1.165, 1.54) is 18.5 Å². The summed E-state index contributed by atoms with van der Waals surface area (Å²) in [6, 6.07) is 2.65. The molecule has 1 saturated heterocycles. The van der Waals surface area contributed by atoms with Gasteiger partial charge >= 0.3 is 0 Å².